The molecule has 0 spiro atoms. The molecule has 2 amide bonds. The summed E-state index contributed by atoms with van der Waals surface area (Å²) in [4.78, 5) is 28.0. The van der Waals surface area contributed by atoms with E-state index in [9.17, 15) is 14.0 Å². The highest BCUT2D eigenvalue weighted by Crippen LogP contribution is 2.20. The molecule has 154 valence electrons. The molecule has 3 rings (SSSR count). The number of aromatic nitrogens is 1. The number of halogens is 1. The van der Waals surface area contributed by atoms with Crippen LogP contribution in [0, 0.1) is 5.82 Å². The third kappa shape index (κ3) is 7.01. The predicted molar refractivity (Wildman–Crippen MR) is 110 cm³/mol. The van der Waals surface area contributed by atoms with Gasteiger partial charge in [-0.25, -0.2) is 9.37 Å². The fraction of sp³-hybridized carbons (Fsp3) is 0.174. The van der Waals surface area contributed by atoms with E-state index in [0.29, 0.717) is 18.2 Å². The number of carbonyl (C=O) groups excluding carboxylic acids is 2. The lowest BCUT2D eigenvalue weighted by molar-refractivity contribution is -0.122. The van der Waals surface area contributed by atoms with E-state index in [4.69, 9.17) is 4.74 Å². The number of amides is 2. The molecule has 0 aliphatic rings. The highest BCUT2D eigenvalue weighted by atomic mass is 19.1. The summed E-state index contributed by atoms with van der Waals surface area (Å²) in [5.41, 5.74) is 1.74. The van der Waals surface area contributed by atoms with Crippen molar-refractivity contribution in [2.24, 2.45) is 0 Å². The van der Waals surface area contributed by atoms with Crippen LogP contribution in [-0.4, -0.2) is 23.3 Å². The minimum absolute atomic E-state index is 0.120. The van der Waals surface area contributed by atoms with Crippen LogP contribution in [0.15, 0.2) is 72.9 Å². The third-order valence-electron chi connectivity index (χ3n) is 4.21. The maximum absolute atomic E-state index is 13.0. The Balaban J connectivity index is 1.39. The lowest BCUT2D eigenvalue weighted by Gasteiger charge is -2.09. The zero-order valence-corrected chi connectivity index (χ0v) is 16.3. The average Bonchev–Trinajstić information content (AvgIpc) is 2.75. The van der Waals surface area contributed by atoms with Crippen molar-refractivity contribution in [1.29, 1.82) is 0 Å². The van der Waals surface area contributed by atoms with E-state index in [1.54, 1.807) is 18.3 Å². The number of pyridine rings is 1. The van der Waals surface area contributed by atoms with E-state index < -0.39 is 0 Å². The van der Waals surface area contributed by atoms with Crippen LogP contribution in [0.4, 0.5) is 4.39 Å². The summed E-state index contributed by atoms with van der Waals surface area (Å²) in [6, 6.07) is 18.5. The quantitative estimate of drug-likeness (QED) is 0.570. The van der Waals surface area contributed by atoms with Gasteiger partial charge in [0.2, 0.25) is 17.7 Å². The first-order valence-electron chi connectivity index (χ1n) is 9.54. The molecule has 0 saturated heterocycles. The Bertz CT molecular complexity index is 978. The molecule has 0 aliphatic carbocycles. The number of nitrogens with one attached hydrogen (secondary N) is 2. The summed E-state index contributed by atoms with van der Waals surface area (Å²) in [6.07, 6.45) is 2.05. The van der Waals surface area contributed by atoms with Gasteiger partial charge in [-0.15, -0.1) is 0 Å². The molecule has 6 nitrogen and oxygen atoms in total. The Labute approximate surface area is 174 Å². The number of nitrogens with zero attached hydrogens (tertiary/aromatic N) is 1. The molecule has 0 fully saturated rings. The fourth-order valence-corrected chi connectivity index (χ4v) is 2.69. The predicted octanol–water partition coefficient (Wildman–Crippen LogP) is 3.38. The van der Waals surface area contributed by atoms with Crippen LogP contribution in [0.3, 0.4) is 0 Å². The van der Waals surface area contributed by atoms with E-state index in [-0.39, 0.29) is 37.0 Å². The highest BCUT2D eigenvalue weighted by molar-refractivity contribution is 5.80. The number of ether oxygens (including phenoxy) is 1. The van der Waals surface area contributed by atoms with Gasteiger partial charge in [0.1, 0.15) is 11.6 Å². The Morgan fingerprint density at radius 3 is 2.43 bits per heavy atom. The molecule has 0 atom stereocenters. The molecule has 2 aromatic carbocycles. The van der Waals surface area contributed by atoms with E-state index in [1.165, 1.54) is 24.3 Å². The number of hydrogen-bond acceptors (Lipinski definition) is 4. The van der Waals surface area contributed by atoms with Crippen molar-refractivity contribution in [3.63, 3.8) is 0 Å². The van der Waals surface area contributed by atoms with Crippen molar-refractivity contribution in [1.82, 2.24) is 15.6 Å². The normalized spacial score (nSPS) is 10.3. The molecule has 1 aromatic heterocycles. The minimum Gasteiger partial charge on any atom is -0.439 e. The molecule has 0 radical (unpaired) electrons. The Morgan fingerprint density at radius 1 is 0.900 bits per heavy atom. The molecule has 1 heterocycles. The zero-order valence-electron chi connectivity index (χ0n) is 16.3. The van der Waals surface area contributed by atoms with Gasteiger partial charge >= 0.3 is 0 Å². The van der Waals surface area contributed by atoms with Gasteiger partial charge in [0, 0.05) is 31.8 Å². The molecule has 7 heteroatoms. The maximum Gasteiger partial charge on any atom is 0.224 e. The monoisotopic (exact) mass is 407 g/mol. The van der Waals surface area contributed by atoms with Crippen LogP contribution in [0.25, 0.3) is 0 Å². The van der Waals surface area contributed by atoms with Crippen molar-refractivity contribution >= 4 is 11.8 Å². The standard InChI is InChI=1S/C23H22FN3O3/c24-19-6-8-20(9-7-19)30-23-15-18(10-12-26-23)16-27-21(28)11-13-25-22(29)14-17-4-2-1-3-5-17/h1-10,12,15H,11,13-14,16H2,(H,25,29)(H,27,28). The molecule has 30 heavy (non-hydrogen) atoms. The molecule has 0 unspecified atom stereocenters. The van der Waals surface area contributed by atoms with Gasteiger partial charge in [-0.3, -0.25) is 9.59 Å². The summed E-state index contributed by atoms with van der Waals surface area (Å²) < 4.78 is 18.5. The molecule has 0 saturated carbocycles. The van der Waals surface area contributed by atoms with E-state index in [2.05, 4.69) is 15.6 Å². The van der Waals surface area contributed by atoms with Crippen molar-refractivity contribution in [2.45, 2.75) is 19.4 Å². The van der Waals surface area contributed by atoms with Gasteiger partial charge < -0.3 is 15.4 Å². The largest absolute Gasteiger partial charge is 0.439 e. The average molecular weight is 407 g/mol. The second-order valence-corrected chi connectivity index (χ2v) is 6.60. The zero-order chi connectivity index (χ0) is 21.2. The first kappa shape index (κ1) is 21.0. The number of carbonyl (C=O) groups is 2. The van der Waals surface area contributed by atoms with Crippen LogP contribution >= 0.6 is 0 Å². The molecular formula is C23H22FN3O3. The van der Waals surface area contributed by atoms with Crippen LogP contribution < -0.4 is 15.4 Å². The smallest absolute Gasteiger partial charge is 0.224 e. The van der Waals surface area contributed by atoms with Gasteiger partial charge in [0.05, 0.1) is 6.42 Å². The Hall–Kier alpha value is -3.74. The van der Waals surface area contributed by atoms with Crippen molar-refractivity contribution in [2.75, 3.05) is 6.54 Å². The topological polar surface area (TPSA) is 80.3 Å². The number of rotatable bonds is 9. The first-order chi connectivity index (χ1) is 14.6. The second kappa shape index (κ2) is 10.7. The minimum atomic E-state index is -0.344. The fourth-order valence-electron chi connectivity index (χ4n) is 2.69. The van der Waals surface area contributed by atoms with E-state index >= 15 is 0 Å². The van der Waals surface area contributed by atoms with Crippen LogP contribution in [0.5, 0.6) is 11.6 Å². The number of hydrogen-bond donors (Lipinski definition) is 2. The summed E-state index contributed by atoms with van der Waals surface area (Å²) >= 11 is 0. The summed E-state index contributed by atoms with van der Waals surface area (Å²) in [5.74, 6) is 0.180. The summed E-state index contributed by atoms with van der Waals surface area (Å²) in [5, 5.41) is 5.54. The highest BCUT2D eigenvalue weighted by Gasteiger charge is 2.06. The second-order valence-electron chi connectivity index (χ2n) is 6.60. The molecule has 3 aromatic rings. The van der Waals surface area contributed by atoms with Crippen LogP contribution in [-0.2, 0) is 22.6 Å². The van der Waals surface area contributed by atoms with Gasteiger partial charge in [-0.2, -0.15) is 0 Å². The van der Waals surface area contributed by atoms with Crippen LogP contribution in [0.1, 0.15) is 17.5 Å². The van der Waals surface area contributed by atoms with Gasteiger partial charge in [0.25, 0.3) is 0 Å². The number of benzene rings is 2. The lowest BCUT2D eigenvalue weighted by atomic mass is 10.1. The Kier molecular flexibility index (Phi) is 7.49. The van der Waals surface area contributed by atoms with Crippen molar-refractivity contribution in [3.8, 4) is 11.6 Å². The first-order valence-corrected chi connectivity index (χ1v) is 9.54. The lowest BCUT2D eigenvalue weighted by Crippen LogP contribution is -2.31. The van der Waals surface area contributed by atoms with Crippen molar-refractivity contribution in [3.05, 3.63) is 89.9 Å². The maximum atomic E-state index is 13.0. The molecule has 0 aliphatic heterocycles. The molecule has 2 N–H and O–H groups in total. The van der Waals surface area contributed by atoms with Crippen molar-refractivity contribution < 1.29 is 18.7 Å². The Morgan fingerprint density at radius 2 is 1.67 bits per heavy atom. The summed E-state index contributed by atoms with van der Waals surface area (Å²) in [6.45, 7) is 0.575. The van der Waals surface area contributed by atoms with Gasteiger partial charge in [-0.1, -0.05) is 30.3 Å². The van der Waals surface area contributed by atoms with E-state index in [1.807, 2.05) is 30.3 Å². The van der Waals surface area contributed by atoms with E-state index in [0.717, 1.165) is 11.1 Å². The van der Waals surface area contributed by atoms with Gasteiger partial charge in [-0.05, 0) is 41.5 Å². The van der Waals surface area contributed by atoms with Crippen LogP contribution in [0.2, 0.25) is 0 Å². The summed E-state index contributed by atoms with van der Waals surface area (Å²) in [7, 11) is 0. The molecule has 0 bridgehead atoms. The molecular weight excluding hydrogens is 385 g/mol. The SMILES string of the molecule is O=C(CCNC(=O)Cc1ccccc1)NCc1ccnc(Oc2ccc(F)cc2)c1. The third-order valence-corrected chi connectivity index (χ3v) is 4.21. The van der Waals surface area contributed by atoms with Gasteiger partial charge in [0.15, 0.2) is 0 Å².